The Bertz CT molecular complexity index is 384. The van der Waals surface area contributed by atoms with Crippen molar-refractivity contribution in [2.24, 2.45) is 0 Å². The molecular weight excluding hydrogens is 231 g/mol. The average Bonchev–Trinajstić information content (AvgIpc) is 2.38. The van der Waals surface area contributed by atoms with E-state index in [4.69, 9.17) is 4.74 Å². The first-order valence-electron chi connectivity index (χ1n) is 6.26. The summed E-state index contributed by atoms with van der Waals surface area (Å²) in [7, 11) is 0. The minimum atomic E-state index is -0.434. The van der Waals surface area contributed by atoms with Gasteiger partial charge in [-0.2, -0.15) is 0 Å². The summed E-state index contributed by atoms with van der Waals surface area (Å²) in [6.07, 6.45) is 5.38. The smallest absolute Gasteiger partial charge is 0.338 e. The van der Waals surface area contributed by atoms with Gasteiger partial charge in [-0.05, 0) is 37.1 Å². The van der Waals surface area contributed by atoms with Gasteiger partial charge >= 0.3 is 5.97 Å². The van der Waals surface area contributed by atoms with Crippen LogP contribution in [0, 0.1) is 5.82 Å². The third-order valence-corrected chi connectivity index (χ3v) is 2.69. The van der Waals surface area contributed by atoms with Crippen molar-refractivity contribution < 1.29 is 13.9 Å². The Morgan fingerprint density at radius 1 is 1.39 bits per heavy atom. The Morgan fingerprint density at radius 2 is 2.06 bits per heavy atom. The fourth-order valence-electron chi connectivity index (χ4n) is 1.61. The number of carbonyl (C=O) groups excluding carboxylic acids is 1. The zero-order valence-corrected chi connectivity index (χ0v) is 10.7. The van der Waals surface area contributed by atoms with Crippen molar-refractivity contribution in [3.8, 4) is 0 Å². The molecule has 0 bridgehead atoms. The number of carbonyl (C=O) groups is 1. The summed E-state index contributed by atoms with van der Waals surface area (Å²) in [6.45, 7) is 5.78. The lowest BCUT2D eigenvalue weighted by atomic mass is 10.1. The average molecular weight is 250 g/mol. The van der Waals surface area contributed by atoms with E-state index in [1.807, 2.05) is 0 Å². The molecule has 2 nitrogen and oxygen atoms in total. The van der Waals surface area contributed by atoms with Gasteiger partial charge in [0, 0.05) is 0 Å². The Morgan fingerprint density at radius 3 is 2.61 bits per heavy atom. The summed E-state index contributed by atoms with van der Waals surface area (Å²) in [5, 5.41) is 0. The van der Waals surface area contributed by atoms with E-state index in [1.54, 1.807) is 6.08 Å². The van der Waals surface area contributed by atoms with Crippen LogP contribution < -0.4 is 0 Å². The highest BCUT2D eigenvalue weighted by Crippen LogP contribution is 2.11. The van der Waals surface area contributed by atoms with Crippen LogP contribution in [0.2, 0.25) is 0 Å². The topological polar surface area (TPSA) is 26.3 Å². The minimum absolute atomic E-state index is 0.269. The van der Waals surface area contributed by atoms with Gasteiger partial charge in [0.25, 0.3) is 0 Å². The molecule has 1 unspecified atom stereocenters. The third kappa shape index (κ3) is 4.70. The molecule has 3 heteroatoms. The maximum Gasteiger partial charge on any atom is 0.338 e. The van der Waals surface area contributed by atoms with E-state index >= 15 is 0 Å². The molecule has 0 fully saturated rings. The van der Waals surface area contributed by atoms with E-state index in [9.17, 15) is 9.18 Å². The van der Waals surface area contributed by atoms with Crippen molar-refractivity contribution in [3.63, 3.8) is 0 Å². The molecule has 0 heterocycles. The van der Waals surface area contributed by atoms with Crippen LogP contribution in [0.15, 0.2) is 36.9 Å². The first-order chi connectivity index (χ1) is 8.67. The quantitative estimate of drug-likeness (QED) is 0.413. The number of benzene rings is 1. The molecule has 0 saturated heterocycles. The molecule has 1 atom stereocenters. The number of halogens is 1. The molecule has 0 amide bonds. The Balaban J connectivity index is 2.51. The van der Waals surface area contributed by atoms with Crippen LogP contribution in [0.1, 0.15) is 43.0 Å². The standard InChI is InChI=1S/C15H19FO2/c1-3-5-6-7-14(4-2)18-15(17)12-8-10-13(16)11-9-12/h4,8-11,14H,2-3,5-7H2,1H3. The van der Waals surface area contributed by atoms with Crippen molar-refractivity contribution in [2.45, 2.75) is 38.7 Å². The summed E-state index contributed by atoms with van der Waals surface area (Å²) in [5.41, 5.74) is 0.360. The van der Waals surface area contributed by atoms with E-state index in [1.165, 1.54) is 24.3 Å². The lowest BCUT2D eigenvalue weighted by Crippen LogP contribution is -2.16. The molecule has 1 aromatic rings. The predicted molar refractivity (Wildman–Crippen MR) is 69.9 cm³/mol. The molecule has 0 saturated carbocycles. The first kappa shape index (κ1) is 14.4. The van der Waals surface area contributed by atoms with E-state index in [2.05, 4.69) is 13.5 Å². The molecular formula is C15H19FO2. The molecule has 1 rings (SSSR count). The zero-order chi connectivity index (χ0) is 13.4. The molecule has 18 heavy (non-hydrogen) atoms. The molecule has 0 aliphatic rings. The number of unbranched alkanes of at least 4 members (excludes halogenated alkanes) is 2. The van der Waals surface area contributed by atoms with E-state index in [0.717, 1.165) is 25.7 Å². The normalized spacial score (nSPS) is 11.9. The maximum atomic E-state index is 12.7. The SMILES string of the molecule is C=CC(CCCCC)OC(=O)c1ccc(F)cc1. The van der Waals surface area contributed by atoms with E-state index in [-0.39, 0.29) is 11.9 Å². The van der Waals surface area contributed by atoms with Gasteiger partial charge in [-0.25, -0.2) is 9.18 Å². The highest BCUT2D eigenvalue weighted by molar-refractivity contribution is 5.89. The Labute approximate surface area is 107 Å². The van der Waals surface area contributed by atoms with Gasteiger partial charge in [0.2, 0.25) is 0 Å². The van der Waals surface area contributed by atoms with Crippen LogP contribution >= 0.6 is 0 Å². The molecule has 0 N–H and O–H groups in total. The van der Waals surface area contributed by atoms with Gasteiger partial charge in [-0.3, -0.25) is 0 Å². The summed E-state index contributed by atoms with van der Waals surface area (Å²) >= 11 is 0. The molecule has 0 aliphatic heterocycles. The van der Waals surface area contributed by atoms with Crippen molar-refractivity contribution in [3.05, 3.63) is 48.3 Å². The molecule has 1 aromatic carbocycles. The van der Waals surface area contributed by atoms with Gasteiger partial charge in [-0.1, -0.05) is 32.4 Å². The second kappa shape index (κ2) is 7.64. The minimum Gasteiger partial charge on any atom is -0.455 e. The number of ether oxygens (including phenoxy) is 1. The second-order valence-electron chi connectivity index (χ2n) is 4.18. The van der Waals surface area contributed by atoms with Crippen LogP contribution in [-0.2, 0) is 4.74 Å². The fraction of sp³-hybridized carbons (Fsp3) is 0.400. The van der Waals surface area contributed by atoms with Crippen molar-refractivity contribution >= 4 is 5.97 Å². The number of hydrogen-bond acceptors (Lipinski definition) is 2. The van der Waals surface area contributed by atoms with Crippen molar-refractivity contribution in [2.75, 3.05) is 0 Å². The fourth-order valence-corrected chi connectivity index (χ4v) is 1.61. The third-order valence-electron chi connectivity index (χ3n) is 2.69. The number of hydrogen-bond donors (Lipinski definition) is 0. The Hall–Kier alpha value is -1.64. The summed E-state index contributed by atoms with van der Waals surface area (Å²) in [4.78, 5) is 11.8. The zero-order valence-electron chi connectivity index (χ0n) is 10.7. The van der Waals surface area contributed by atoms with Crippen LogP contribution in [0.5, 0.6) is 0 Å². The van der Waals surface area contributed by atoms with Gasteiger partial charge in [-0.15, -0.1) is 0 Å². The predicted octanol–water partition coefficient (Wildman–Crippen LogP) is 4.12. The van der Waals surface area contributed by atoms with Gasteiger partial charge < -0.3 is 4.74 Å². The number of esters is 1. The molecule has 98 valence electrons. The second-order valence-corrected chi connectivity index (χ2v) is 4.18. The monoisotopic (exact) mass is 250 g/mol. The first-order valence-corrected chi connectivity index (χ1v) is 6.26. The summed E-state index contributed by atoms with van der Waals surface area (Å²) < 4.78 is 18.0. The van der Waals surface area contributed by atoms with E-state index < -0.39 is 5.97 Å². The largest absolute Gasteiger partial charge is 0.455 e. The molecule has 0 aromatic heterocycles. The van der Waals surface area contributed by atoms with Crippen LogP contribution in [0.4, 0.5) is 4.39 Å². The number of rotatable bonds is 7. The van der Waals surface area contributed by atoms with Gasteiger partial charge in [0.05, 0.1) is 5.56 Å². The van der Waals surface area contributed by atoms with Gasteiger partial charge in [0.15, 0.2) is 0 Å². The van der Waals surface area contributed by atoms with Crippen LogP contribution in [0.25, 0.3) is 0 Å². The van der Waals surface area contributed by atoms with Crippen LogP contribution in [0.3, 0.4) is 0 Å². The summed E-state index contributed by atoms with van der Waals surface area (Å²) in [5.74, 6) is -0.800. The highest BCUT2D eigenvalue weighted by atomic mass is 19.1. The van der Waals surface area contributed by atoms with E-state index in [0.29, 0.717) is 5.56 Å². The van der Waals surface area contributed by atoms with Crippen molar-refractivity contribution in [1.82, 2.24) is 0 Å². The highest BCUT2D eigenvalue weighted by Gasteiger charge is 2.12. The summed E-state index contributed by atoms with van der Waals surface area (Å²) in [6, 6.07) is 5.33. The van der Waals surface area contributed by atoms with Gasteiger partial charge in [0.1, 0.15) is 11.9 Å². The van der Waals surface area contributed by atoms with Crippen LogP contribution in [-0.4, -0.2) is 12.1 Å². The Kier molecular flexibility index (Phi) is 6.12. The van der Waals surface area contributed by atoms with Crippen molar-refractivity contribution in [1.29, 1.82) is 0 Å². The molecule has 0 spiro atoms. The molecule has 0 aliphatic carbocycles. The molecule has 0 radical (unpaired) electrons. The lowest BCUT2D eigenvalue weighted by Gasteiger charge is -2.13. The lowest BCUT2D eigenvalue weighted by molar-refractivity contribution is 0.0377. The maximum absolute atomic E-state index is 12.7.